The maximum absolute atomic E-state index is 6.01. The average Bonchev–Trinajstić information content (AvgIpc) is 2.99. The summed E-state index contributed by atoms with van der Waals surface area (Å²) in [5, 5.41) is 5.79. The van der Waals surface area contributed by atoms with Gasteiger partial charge in [0.2, 0.25) is 0 Å². The van der Waals surface area contributed by atoms with E-state index in [0.717, 1.165) is 47.5 Å². The highest BCUT2D eigenvalue weighted by molar-refractivity contribution is 6.30. The number of pyridine rings is 1. The number of rotatable bonds is 2. The lowest BCUT2D eigenvalue weighted by Crippen LogP contribution is -2.19. The van der Waals surface area contributed by atoms with Gasteiger partial charge in [-0.2, -0.15) is 4.98 Å². The Balaban J connectivity index is 1.74. The van der Waals surface area contributed by atoms with E-state index in [2.05, 4.69) is 20.0 Å². The first-order valence-corrected chi connectivity index (χ1v) is 8.77. The van der Waals surface area contributed by atoms with Crippen molar-refractivity contribution >= 4 is 34.2 Å². The number of aromatic nitrogens is 4. The Morgan fingerprint density at radius 3 is 2.62 bits per heavy atom. The highest BCUT2D eigenvalue weighted by atomic mass is 35.5. The molecule has 1 aliphatic heterocycles. The lowest BCUT2D eigenvalue weighted by atomic mass is 10.2. The van der Waals surface area contributed by atoms with Crippen molar-refractivity contribution in [1.29, 1.82) is 0 Å². The predicted molar refractivity (Wildman–Crippen MR) is 99.6 cm³/mol. The van der Waals surface area contributed by atoms with Crippen LogP contribution in [-0.4, -0.2) is 26.7 Å². The summed E-state index contributed by atoms with van der Waals surface area (Å²) in [7, 11) is 0. The van der Waals surface area contributed by atoms with Gasteiger partial charge in [-0.1, -0.05) is 16.8 Å². The molecule has 1 aliphatic rings. The van der Waals surface area contributed by atoms with Crippen LogP contribution in [0.4, 0.5) is 11.5 Å². The van der Waals surface area contributed by atoms with Gasteiger partial charge < -0.3 is 9.42 Å². The molecule has 4 heterocycles. The molecule has 3 aromatic heterocycles. The summed E-state index contributed by atoms with van der Waals surface area (Å²) in [6.07, 6.45) is 5.36. The van der Waals surface area contributed by atoms with Crippen LogP contribution in [0.1, 0.15) is 12.1 Å². The molecule has 0 N–H and O–H groups in total. The Morgan fingerprint density at radius 1 is 1.00 bits per heavy atom. The molecule has 0 saturated heterocycles. The lowest BCUT2D eigenvalue weighted by Gasteiger charge is -2.23. The molecule has 0 amide bonds. The highest BCUT2D eigenvalue weighted by Crippen LogP contribution is 2.36. The molecule has 0 radical (unpaired) electrons. The standard InChI is InChI=1S/C19H14ClN5O/c20-13-5-3-12(4-6-13)17-22-18-16-15(24-26-19(16)23-17)2-1-11-25(18)14-7-9-21-10-8-14/h3-10H,1-2,11H2. The SMILES string of the molecule is Clc1ccc(-c2nc3c4c(noc4n2)CCCN3c2ccncc2)cc1. The number of benzene rings is 1. The van der Waals surface area contributed by atoms with Crippen LogP contribution in [0.15, 0.2) is 53.3 Å². The van der Waals surface area contributed by atoms with E-state index in [1.807, 2.05) is 36.4 Å². The Hall–Kier alpha value is -2.99. The third-order valence-electron chi connectivity index (χ3n) is 4.52. The maximum atomic E-state index is 6.01. The van der Waals surface area contributed by atoms with E-state index >= 15 is 0 Å². The summed E-state index contributed by atoms with van der Waals surface area (Å²) in [4.78, 5) is 15.8. The van der Waals surface area contributed by atoms with Gasteiger partial charge in [-0.3, -0.25) is 4.98 Å². The Kier molecular flexibility index (Phi) is 3.57. The van der Waals surface area contributed by atoms with Crippen molar-refractivity contribution in [2.24, 2.45) is 0 Å². The molecule has 26 heavy (non-hydrogen) atoms. The smallest absolute Gasteiger partial charge is 0.263 e. The van der Waals surface area contributed by atoms with E-state index in [-0.39, 0.29) is 0 Å². The molecule has 1 aromatic carbocycles. The normalized spacial score (nSPS) is 13.8. The fourth-order valence-electron chi connectivity index (χ4n) is 3.27. The summed E-state index contributed by atoms with van der Waals surface area (Å²) >= 11 is 6.01. The van der Waals surface area contributed by atoms with Crippen molar-refractivity contribution in [3.63, 3.8) is 0 Å². The van der Waals surface area contributed by atoms with Gasteiger partial charge in [0, 0.05) is 35.2 Å². The van der Waals surface area contributed by atoms with E-state index in [9.17, 15) is 0 Å². The second-order valence-corrected chi connectivity index (χ2v) is 6.58. The first-order valence-electron chi connectivity index (χ1n) is 8.39. The van der Waals surface area contributed by atoms with E-state index in [4.69, 9.17) is 21.1 Å². The summed E-state index contributed by atoms with van der Waals surface area (Å²) in [6.45, 7) is 0.840. The third kappa shape index (κ3) is 2.50. The van der Waals surface area contributed by atoms with Gasteiger partial charge >= 0.3 is 0 Å². The molecule has 0 bridgehead atoms. The Labute approximate surface area is 154 Å². The molecule has 0 saturated carbocycles. The van der Waals surface area contributed by atoms with E-state index < -0.39 is 0 Å². The maximum Gasteiger partial charge on any atom is 0.263 e. The van der Waals surface area contributed by atoms with Crippen molar-refractivity contribution in [2.75, 3.05) is 11.4 Å². The number of hydrogen-bond acceptors (Lipinski definition) is 6. The number of nitrogens with zero attached hydrogens (tertiary/aromatic N) is 5. The van der Waals surface area contributed by atoms with Gasteiger partial charge in [-0.25, -0.2) is 4.98 Å². The molecule has 128 valence electrons. The highest BCUT2D eigenvalue weighted by Gasteiger charge is 2.25. The molecule has 4 aromatic rings. The van der Waals surface area contributed by atoms with Crippen LogP contribution in [0.25, 0.3) is 22.5 Å². The van der Waals surface area contributed by atoms with E-state index in [1.165, 1.54) is 0 Å². The molecular weight excluding hydrogens is 350 g/mol. The Bertz CT molecular complexity index is 1080. The van der Waals surface area contributed by atoms with Crippen molar-refractivity contribution in [3.8, 4) is 11.4 Å². The van der Waals surface area contributed by atoms with Crippen LogP contribution in [0.2, 0.25) is 5.02 Å². The van der Waals surface area contributed by atoms with Crippen molar-refractivity contribution in [2.45, 2.75) is 12.8 Å². The van der Waals surface area contributed by atoms with Crippen LogP contribution in [0.5, 0.6) is 0 Å². The van der Waals surface area contributed by atoms with Crippen LogP contribution in [-0.2, 0) is 6.42 Å². The first kappa shape index (κ1) is 15.3. The van der Waals surface area contributed by atoms with Gasteiger partial charge in [0.15, 0.2) is 5.82 Å². The van der Waals surface area contributed by atoms with Crippen molar-refractivity contribution in [3.05, 3.63) is 59.5 Å². The predicted octanol–water partition coefficient (Wildman–Crippen LogP) is 4.42. The molecular formula is C19H14ClN5O. The van der Waals surface area contributed by atoms with Crippen LogP contribution < -0.4 is 4.90 Å². The third-order valence-corrected chi connectivity index (χ3v) is 4.77. The molecule has 5 rings (SSSR count). The van der Waals surface area contributed by atoms with Gasteiger partial charge in [0.1, 0.15) is 11.2 Å². The van der Waals surface area contributed by atoms with Crippen LogP contribution in [0, 0.1) is 0 Å². The quantitative estimate of drug-likeness (QED) is 0.525. The molecule has 7 heteroatoms. The minimum absolute atomic E-state index is 0.510. The fourth-order valence-corrected chi connectivity index (χ4v) is 3.40. The second-order valence-electron chi connectivity index (χ2n) is 6.15. The number of hydrogen-bond donors (Lipinski definition) is 0. The molecule has 0 unspecified atom stereocenters. The topological polar surface area (TPSA) is 67.9 Å². The first-order chi connectivity index (χ1) is 12.8. The molecule has 0 atom stereocenters. The zero-order valence-electron chi connectivity index (χ0n) is 13.8. The zero-order valence-corrected chi connectivity index (χ0v) is 14.5. The van der Waals surface area contributed by atoms with Crippen LogP contribution in [0.3, 0.4) is 0 Å². The summed E-state index contributed by atoms with van der Waals surface area (Å²) in [5.74, 6) is 1.41. The summed E-state index contributed by atoms with van der Waals surface area (Å²) in [5.41, 5.74) is 3.34. The van der Waals surface area contributed by atoms with Crippen molar-refractivity contribution < 1.29 is 4.52 Å². The Morgan fingerprint density at radius 2 is 1.81 bits per heavy atom. The van der Waals surface area contributed by atoms with E-state index in [0.29, 0.717) is 16.6 Å². The summed E-state index contributed by atoms with van der Waals surface area (Å²) < 4.78 is 5.52. The fraction of sp³-hybridized carbons (Fsp3) is 0.158. The second kappa shape index (κ2) is 6.07. The minimum Gasteiger partial charge on any atom is -0.335 e. The molecule has 0 fully saturated rings. The van der Waals surface area contributed by atoms with Gasteiger partial charge in [-0.15, -0.1) is 0 Å². The van der Waals surface area contributed by atoms with Crippen molar-refractivity contribution in [1.82, 2.24) is 20.1 Å². The average molecular weight is 364 g/mol. The monoisotopic (exact) mass is 363 g/mol. The van der Waals surface area contributed by atoms with E-state index in [1.54, 1.807) is 12.4 Å². The van der Waals surface area contributed by atoms with Gasteiger partial charge in [-0.05, 0) is 49.2 Å². The lowest BCUT2D eigenvalue weighted by molar-refractivity contribution is 0.437. The molecule has 6 nitrogen and oxygen atoms in total. The minimum atomic E-state index is 0.510. The van der Waals surface area contributed by atoms with Gasteiger partial charge in [0.05, 0.1) is 5.69 Å². The molecule has 0 aliphatic carbocycles. The van der Waals surface area contributed by atoms with Gasteiger partial charge in [0.25, 0.3) is 5.71 Å². The largest absolute Gasteiger partial charge is 0.335 e. The number of anilines is 2. The number of halogens is 1. The number of aryl methyl sites for hydroxylation is 1. The molecule has 0 spiro atoms. The zero-order chi connectivity index (χ0) is 17.5. The van der Waals surface area contributed by atoms with Crippen LogP contribution >= 0.6 is 11.6 Å². The summed E-state index contributed by atoms with van der Waals surface area (Å²) in [6, 6.07) is 11.4.